The van der Waals surface area contributed by atoms with Gasteiger partial charge in [-0.1, -0.05) is 24.3 Å². The van der Waals surface area contributed by atoms with E-state index in [2.05, 4.69) is 15.3 Å². The van der Waals surface area contributed by atoms with Crippen molar-refractivity contribution in [3.63, 3.8) is 0 Å². The molecule has 0 bridgehead atoms. The Balaban J connectivity index is 1.46. The number of anilines is 1. The molecular weight excluding hydrogens is 359 g/mol. The van der Waals surface area contributed by atoms with Gasteiger partial charge in [0.15, 0.2) is 5.82 Å². The Hall–Kier alpha value is -3.22. The van der Waals surface area contributed by atoms with Crippen molar-refractivity contribution < 1.29 is 9.18 Å². The third-order valence-electron chi connectivity index (χ3n) is 5.03. The molecular formula is C21H21FN4O2. The average molecular weight is 380 g/mol. The molecule has 1 aliphatic rings. The summed E-state index contributed by atoms with van der Waals surface area (Å²) in [5.41, 5.74) is 1.88. The lowest BCUT2D eigenvalue weighted by Gasteiger charge is -2.32. The molecule has 1 fully saturated rings. The van der Waals surface area contributed by atoms with Crippen molar-refractivity contribution in [1.82, 2.24) is 15.3 Å². The van der Waals surface area contributed by atoms with Crippen molar-refractivity contribution in [2.45, 2.75) is 19.4 Å². The second-order valence-corrected chi connectivity index (χ2v) is 7.04. The lowest BCUT2D eigenvalue weighted by Crippen LogP contribution is -2.44. The molecule has 3 aromatic rings. The number of amides is 1. The van der Waals surface area contributed by atoms with Gasteiger partial charge in [0.2, 0.25) is 5.91 Å². The molecule has 0 unspecified atom stereocenters. The number of halogens is 1. The zero-order chi connectivity index (χ0) is 19.5. The Morgan fingerprint density at radius 3 is 2.96 bits per heavy atom. The molecule has 0 aliphatic carbocycles. The number of para-hydroxylation sites is 2. The molecule has 1 atom stereocenters. The number of H-pyrrole nitrogens is 1. The van der Waals surface area contributed by atoms with E-state index in [1.807, 2.05) is 29.2 Å². The minimum absolute atomic E-state index is 0.0915. The van der Waals surface area contributed by atoms with Crippen molar-refractivity contribution in [1.29, 1.82) is 0 Å². The van der Waals surface area contributed by atoms with E-state index >= 15 is 0 Å². The van der Waals surface area contributed by atoms with E-state index in [-0.39, 0.29) is 29.7 Å². The second kappa shape index (κ2) is 7.80. The SMILES string of the molecule is O=C(NCc1cccc(F)c1)[C@@H]1CCCN(c2nc3ccccc3[nH]c2=O)C1. The molecule has 4 rings (SSSR count). The van der Waals surface area contributed by atoms with Gasteiger partial charge < -0.3 is 15.2 Å². The molecule has 28 heavy (non-hydrogen) atoms. The number of rotatable bonds is 4. The van der Waals surface area contributed by atoms with Crippen LogP contribution >= 0.6 is 0 Å². The number of benzene rings is 2. The molecule has 1 amide bonds. The van der Waals surface area contributed by atoms with Crippen molar-refractivity contribution in [2.75, 3.05) is 18.0 Å². The fraction of sp³-hybridized carbons (Fsp3) is 0.286. The van der Waals surface area contributed by atoms with Crippen LogP contribution in [-0.4, -0.2) is 29.0 Å². The van der Waals surface area contributed by atoms with Crippen molar-refractivity contribution in [2.24, 2.45) is 5.92 Å². The standard InChI is InChI=1S/C21H21FN4O2/c22-16-7-3-5-14(11-16)12-23-20(27)15-6-4-10-26(13-15)19-21(28)25-18-9-2-1-8-17(18)24-19/h1-3,5,7-9,11,15H,4,6,10,12-13H2,(H,23,27)(H,25,28)/t15-/m1/s1. The van der Waals surface area contributed by atoms with E-state index in [9.17, 15) is 14.0 Å². The van der Waals surface area contributed by atoms with Crippen LogP contribution in [0.3, 0.4) is 0 Å². The molecule has 2 heterocycles. The van der Waals surface area contributed by atoms with Crippen LogP contribution in [0.5, 0.6) is 0 Å². The number of hydrogen-bond donors (Lipinski definition) is 2. The van der Waals surface area contributed by atoms with Gasteiger partial charge in [-0.05, 0) is 42.7 Å². The predicted molar refractivity (Wildman–Crippen MR) is 106 cm³/mol. The van der Waals surface area contributed by atoms with Crippen LogP contribution < -0.4 is 15.8 Å². The maximum absolute atomic E-state index is 13.3. The van der Waals surface area contributed by atoms with Gasteiger partial charge in [-0.2, -0.15) is 0 Å². The quantitative estimate of drug-likeness (QED) is 0.729. The highest BCUT2D eigenvalue weighted by Gasteiger charge is 2.27. The van der Waals surface area contributed by atoms with E-state index in [1.165, 1.54) is 12.1 Å². The number of aromatic amines is 1. The monoisotopic (exact) mass is 380 g/mol. The zero-order valence-electron chi connectivity index (χ0n) is 15.3. The van der Waals surface area contributed by atoms with Crippen molar-refractivity contribution in [3.05, 3.63) is 70.3 Å². The molecule has 144 valence electrons. The van der Waals surface area contributed by atoms with Gasteiger partial charge in [0.1, 0.15) is 5.82 Å². The Morgan fingerprint density at radius 1 is 1.25 bits per heavy atom. The first-order valence-electron chi connectivity index (χ1n) is 9.36. The summed E-state index contributed by atoms with van der Waals surface area (Å²) in [6, 6.07) is 13.6. The fourth-order valence-corrected chi connectivity index (χ4v) is 3.60. The van der Waals surface area contributed by atoms with Crippen molar-refractivity contribution >= 4 is 22.8 Å². The first-order valence-corrected chi connectivity index (χ1v) is 9.36. The van der Waals surface area contributed by atoms with Crippen molar-refractivity contribution in [3.8, 4) is 0 Å². The first kappa shape index (κ1) is 18.2. The minimum Gasteiger partial charge on any atom is -0.352 e. The molecule has 0 saturated carbocycles. The number of piperidine rings is 1. The zero-order valence-corrected chi connectivity index (χ0v) is 15.3. The highest BCUT2D eigenvalue weighted by molar-refractivity contribution is 5.80. The molecule has 1 aromatic heterocycles. The van der Waals surface area contributed by atoms with E-state index in [4.69, 9.17) is 0 Å². The van der Waals surface area contributed by atoms with E-state index in [0.29, 0.717) is 30.0 Å². The Morgan fingerprint density at radius 2 is 2.11 bits per heavy atom. The van der Waals surface area contributed by atoms with Crippen LogP contribution in [0.2, 0.25) is 0 Å². The predicted octanol–water partition coefficient (Wildman–Crippen LogP) is 2.60. The van der Waals surface area contributed by atoms with Gasteiger partial charge in [0, 0.05) is 19.6 Å². The third kappa shape index (κ3) is 3.88. The van der Waals surface area contributed by atoms with Crippen LogP contribution in [0.25, 0.3) is 11.0 Å². The van der Waals surface area contributed by atoms with Crippen LogP contribution in [-0.2, 0) is 11.3 Å². The Kier molecular flexibility index (Phi) is 5.06. The van der Waals surface area contributed by atoms with Gasteiger partial charge >= 0.3 is 0 Å². The molecule has 2 N–H and O–H groups in total. The van der Waals surface area contributed by atoms with Crippen LogP contribution in [0.15, 0.2) is 53.3 Å². The first-order chi connectivity index (χ1) is 13.6. The summed E-state index contributed by atoms with van der Waals surface area (Å²) < 4.78 is 13.3. The second-order valence-electron chi connectivity index (χ2n) is 7.04. The van der Waals surface area contributed by atoms with Gasteiger partial charge in [-0.25, -0.2) is 9.37 Å². The van der Waals surface area contributed by atoms with E-state index in [1.54, 1.807) is 12.1 Å². The summed E-state index contributed by atoms with van der Waals surface area (Å²) in [6.45, 7) is 1.40. The summed E-state index contributed by atoms with van der Waals surface area (Å²) in [7, 11) is 0. The average Bonchev–Trinajstić information content (AvgIpc) is 2.71. The van der Waals surface area contributed by atoms with Crippen LogP contribution in [0.1, 0.15) is 18.4 Å². The maximum Gasteiger partial charge on any atom is 0.291 e. The maximum atomic E-state index is 13.3. The molecule has 6 nitrogen and oxygen atoms in total. The van der Waals surface area contributed by atoms with Gasteiger partial charge in [-0.3, -0.25) is 9.59 Å². The number of nitrogens with zero attached hydrogens (tertiary/aromatic N) is 2. The lowest BCUT2D eigenvalue weighted by atomic mass is 9.97. The number of hydrogen-bond acceptors (Lipinski definition) is 4. The van der Waals surface area contributed by atoms with E-state index < -0.39 is 0 Å². The number of fused-ring (bicyclic) bond motifs is 1. The fourth-order valence-electron chi connectivity index (χ4n) is 3.60. The molecule has 2 aromatic carbocycles. The number of carbonyl (C=O) groups is 1. The third-order valence-corrected chi connectivity index (χ3v) is 5.03. The normalized spacial score (nSPS) is 16.9. The lowest BCUT2D eigenvalue weighted by molar-refractivity contribution is -0.125. The molecule has 7 heteroatoms. The highest BCUT2D eigenvalue weighted by atomic mass is 19.1. The summed E-state index contributed by atoms with van der Waals surface area (Å²) >= 11 is 0. The summed E-state index contributed by atoms with van der Waals surface area (Å²) in [4.78, 5) is 34.3. The summed E-state index contributed by atoms with van der Waals surface area (Å²) in [5, 5.41) is 2.87. The smallest absolute Gasteiger partial charge is 0.291 e. The number of aromatic nitrogens is 2. The summed E-state index contributed by atoms with van der Waals surface area (Å²) in [5.74, 6) is -0.306. The van der Waals surface area contributed by atoms with Crippen LogP contribution in [0, 0.1) is 11.7 Å². The largest absolute Gasteiger partial charge is 0.352 e. The molecule has 0 spiro atoms. The van der Waals surface area contributed by atoms with Gasteiger partial charge in [-0.15, -0.1) is 0 Å². The number of carbonyl (C=O) groups excluding carboxylic acids is 1. The molecule has 0 radical (unpaired) electrons. The Bertz CT molecular complexity index is 1070. The molecule has 1 aliphatic heterocycles. The Labute approximate surface area is 161 Å². The van der Waals surface area contributed by atoms with E-state index in [0.717, 1.165) is 18.4 Å². The highest BCUT2D eigenvalue weighted by Crippen LogP contribution is 2.21. The number of nitrogens with one attached hydrogen (secondary N) is 2. The summed E-state index contributed by atoms with van der Waals surface area (Å²) in [6.07, 6.45) is 1.54. The molecule has 1 saturated heterocycles. The minimum atomic E-state index is -0.322. The van der Waals surface area contributed by atoms with Gasteiger partial charge in [0.05, 0.1) is 17.0 Å². The van der Waals surface area contributed by atoms with Crippen LogP contribution in [0.4, 0.5) is 10.2 Å². The topological polar surface area (TPSA) is 78.1 Å². The van der Waals surface area contributed by atoms with Gasteiger partial charge in [0.25, 0.3) is 5.56 Å².